The first-order valence-electron chi connectivity index (χ1n) is 9.34. The summed E-state index contributed by atoms with van der Waals surface area (Å²) in [5.74, 6) is 0.673. The highest BCUT2D eigenvalue weighted by Gasteiger charge is 2.10. The molecule has 0 aliphatic heterocycles. The minimum Gasteiger partial charge on any atom is -0.508 e. The molecule has 0 aliphatic rings. The molecule has 1 aromatic heterocycles. The normalized spacial score (nSPS) is 10.4. The minimum atomic E-state index is -0.485. The van der Waals surface area contributed by atoms with Crippen LogP contribution in [0.25, 0.3) is 0 Å². The van der Waals surface area contributed by atoms with Crippen LogP contribution in [0.2, 0.25) is 0 Å². The number of aromatic nitrogens is 3. The monoisotopic (exact) mass is 431 g/mol. The van der Waals surface area contributed by atoms with Crippen molar-refractivity contribution in [1.29, 1.82) is 0 Å². The smallest absolute Gasteiger partial charge is 0.269 e. The number of nitrogens with one attached hydrogen (secondary N) is 3. The number of hydrogen-bond donors (Lipinski definition) is 5. The molecule has 0 aliphatic carbocycles. The number of phenols is 2. The average molecular weight is 431 g/mol. The predicted molar refractivity (Wildman–Crippen MR) is 119 cm³/mol. The largest absolute Gasteiger partial charge is 0.508 e. The Balaban J connectivity index is 1.65. The number of nitrogens with zero attached hydrogens (tertiary/aromatic N) is 4. The first-order chi connectivity index (χ1) is 15.4. The van der Waals surface area contributed by atoms with Crippen LogP contribution in [0.5, 0.6) is 11.5 Å². The van der Waals surface area contributed by atoms with Crippen molar-refractivity contribution in [2.24, 2.45) is 0 Å². The summed E-state index contributed by atoms with van der Waals surface area (Å²) in [6, 6.07) is 18.7. The molecular formula is C21H17N7O4. The molecule has 160 valence electrons. The van der Waals surface area contributed by atoms with Crippen LogP contribution in [0.15, 0.2) is 72.8 Å². The molecule has 4 aromatic rings. The highest BCUT2D eigenvalue weighted by molar-refractivity contribution is 5.63. The van der Waals surface area contributed by atoms with Crippen LogP contribution < -0.4 is 16.0 Å². The van der Waals surface area contributed by atoms with Gasteiger partial charge < -0.3 is 26.2 Å². The summed E-state index contributed by atoms with van der Waals surface area (Å²) in [6.07, 6.45) is 0. The zero-order chi connectivity index (χ0) is 22.5. The van der Waals surface area contributed by atoms with Crippen molar-refractivity contribution in [1.82, 2.24) is 15.0 Å². The van der Waals surface area contributed by atoms with Gasteiger partial charge in [0.15, 0.2) is 0 Å². The number of non-ortho nitro benzene ring substituents is 1. The van der Waals surface area contributed by atoms with Crippen molar-refractivity contribution in [3.05, 3.63) is 82.9 Å². The summed E-state index contributed by atoms with van der Waals surface area (Å²) in [5.41, 5.74) is 1.61. The van der Waals surface area contributed by atoms with E-state index in [0.717, 1.165) is 0 Å². The van der Waals surface area contributed by atoms with Gasteiger partial charge in [-0.2, -0.15) is 15.0 Å². The zero-order valence-electron chi connectivity index (χ0n) is 16.4. The van der Waals surface area contributed by atoms with Crippen molar-refractivity contribution >= 4 is 40.6 Å². The topological polar surface area (TPSA) is 158 Å². The van der Waals surface area contributed by atoms with Gasteiger partial charge in [-0.25, -0.2) is 0 Å². The van der Waals surface area contributed by atoms with E-state index in [4.69, 9.17) is 0 Å². The van der Waals surface area contributed by atoms with Crippen LogP contribution in [0.1, 0.15) is 0 Å². The molecule has 0 spiro atoms. The lowest BCUT2D eigenvalue weighted by atomic mass is 10.3. The molecule has 11 nitrogen and oxygen atoms in total. The lowest BCUT2D eigenvalue weighted by Crippen LogP contribution is -2.07. The van der Waals surface area contributed by atoms with Crippen LogP contribution in [-0.2, 0) is 0 Å². The highest BCUT2D eigenvalue weighted by Crippen LogP contribution is 2.24. The Morgan fingerprint density at radius 3 is 1.50 bits per heavy atom. The minimum absolute atomic E-state index is 0.0383. The van der Waals surface area contributed by atoms with E-state index in [2.05, 4.69) is 30.9 Å². The van der Waals surface area contributed by atoms with E-state index in [1.807, 2.05) is 0 Å². The third-order valence-corrected chi connectivity index (χ3v) is 4.17. The number of benzene rings is 3. The Hall–Kier alpha value is -4.93. The molecule has 0 fully saturated rings. The Morgan fingerprint density at radius 2 is 1.09 bits per heavy atom. The SMILES string of the molecule is O=[N+]([O-])c1ccc(Nc2nc(Nc3cccc(O)c3)nc(Nc3cccc(O)c3)n2)cc1. The summed E-state index contributed by atoms with van der Waals surface area (Å²) in [5, 5.41) is 39.2. The summed E-state index contributed by atoms with van der Waals surface area (Å²) in [7, 11) is 0. The molecule has 0 amide bonds. The number of phenolic OH excluding ortho intramolecular Hbond substituents is 2. The van der Waals surface area contributed by atoms with Crippen molar-refractivity contribution in [3.63, 3.8) is 0 Å². The zero-order valence-corrected chi connectivity index (χ0v) is 16.4. The number of nitro groups is 1. The summed E-state index contributed by atoms with van der Waals surface area (Å²) < 4.78 is 0. The van der Waals surface area contributed by atoms with Gasteiger partial charge in [0.25, 0.3) is 5.69 Å². The quantitative estimate of drug-likeness (QED) is 0.209. The fourth-order valence-electron chi connectivity index (χ4n) is 2.76. The first kappa shape index (κ1) is 20.3. The third-order valence-electron chi connectivity index (χ3n) is 4.17. The second-order valence-corrected chi connectivity index (χ2v) is 6.59. The number of hydrogen-bond acceptors (Lipinski definition) is 10. The van der Waals surface area contributed by atoms with E-state index < -0.39 is 4.92 Å². The van der Waals surface area contributed by atoms with E-state index in [1.165, 1.54) is 48.5 Å². The maximum atomic E-state index is 10.9. The molecule has 32 heavy (non-hydrogen) atoms. The summed E-state index contributed by atoms with van der Waals surface area (Å²) in [6.45, 7) is 0. The Labute approximate surface area is 181 Å². The van der Waals surface area contributed by atoms with Crippen molar-refractivity contribution in [2.45, 2.75) is 0 Å². The van der Waals surface area contributed by atoms with Crippen molar-refractivity contribution < 1.29 is 15.1 Å². The number of aromatic hydroxyl groups is 2. The van der Waals surface area contributed by atoms with E-state index in [-0.39, 0.29) is 35.0 Å². The van der Waals surface area contributed by atoms with Crippen molar-refractivity contribution in [3.8, 4) is 11.5 Å². The molecule has 4 rings (SSSR count). The van der Waals surface area contributed by atoms with Gasteiger partial charge in [-0.1, -0.05) is 12.1 Å². The Bertz CT molecular complexity index is 1200. The van der Waals surface area contributed by atoms with Crippen molar-refractivity contribution in [2.75, 3.05) is 16.0 Å². The molecule has 0 unspecified atom stereocenters. The fourth-order valence-corrected chi connectivity index (χ4v) is 2.76. The standard InChI is InChI=1S/C21H17N7O4/c29-17-5-1-3-14(11-17)23-20-25-19(22-13-7-9-16(10-8-13)28(31)32)26-21(27-20)24-15-4-2-6-18(30)12-15/h1-12,29-30H,(H3,22,23,24,25,26,27). The van der Waals surface area contributed by atoms with Gasteiger partial charge in [-0.05, 0) is 36.4 Å². The van der Waals surface area contributed by atoms with Crippen LogP contribution in [0.4, 0.5) is 40.6 Å². The van der Waals surface area contributed by atoms with E-state index in [1.54, 1.807) is 24.3 Å². The first-order valence-corrected chi connectivity index (χ1v) is 9.34. The summed E-state index contributed by atoms with van der Waals surface area (Å²) in [4.78, 5) is 23.3. The maximum Gasteiger partial charge on any atom is 0.269 e. The lowest BCUT2D eigenvalue weighted by molar-refractivity contribution is -0.384. The van der Waals surface area contributed by atoms with E-state index in [9.17, 15) is 20.3 Å². The summed E-state index contributed by atoms with van der Waals surface area (Å²) >= 11 is 0. The molecule has 0 saturated heterocycles. The van der Waals surface area contributed by atoms with Crippen LogP contribution in [-0.4, -0.2) is 30.1 Å². The maximum absolute atomic E-state index is 10.9. The molecule has 0 saturated carbocycles. The molecule has 3 aromatic carbocycles. The fraction of sp³-hybridized carbons (Fsp3) is 0. The Morgan fingerprint density at radius 1 is 0.656 bits per heavy atom. The van der Waals surface area contributed by atoms with Gasteiger partial charge in [-0.3, -0.25) is 10.1 Å². The third kappa shape index (κ3) is 5.16. The highest BCUT2D eigenvalue weighted by atomic mass is 16.6. The molecule has 11 heteroatoms. The van der Waals surface area contributed by atoms with Gasteiger partial charge in [-0.15, -0.1) is 0 Å². The number of anilines is 6. The number of nitro benzene ring substituents is 1. The second kappa shape index (κ2) is 8.83. The average Bonchev–Trinajstić information content (AvgIpc) is 2.74. The van der Waals surface area contributed by atoms with Gasteiger partial charge in [0.1, 0.15) is 11.5 Å². The van der Waals surface area contributed by atoms with Crippen LogP contribution >= 0.6 is 0 Å². The molecular weight excluding hydrogens is 414 g/mol. The van der Waals surface area contributed by atoms with E-state index in [0.29, 0.717) is 17.1 Å². The van der Waals surface area contributed by atoms with Gasteiger partial charge in [0.05, 0.1) is 4.92 Å². The molecule has 0 radical (unpaired) electrons. The van der Waals surface area contributed by atoms with E-state index >= 15 is 0 Å². The molecule has 5 N–H and O–H groups in total. The Kier molecular flexibility index (Phi) is 5.62. The lowest BCUT2D eigenvalue weighted by Gasteiger charge is -2.12. The van der Waals surface area contributed by atoms with Crippen LogP contribution in [0.3, 0.4) is 0 Å². The molecule has 0 atom stereocenters. The van der Waals surface area contributed by atoms with Gasteiger partial charge in [0.2, 0.25) is 17.8 Å². The predicted octanol–water partition coefficient (Wildman–Crippen LogP) is 4.42. The second-order valence-electron chi connectivity index (χ2n) is 6.59. The molecule has 0 bridgehead atoms. The molecule has 1 heterocycles. The number of rotatable bonds is 7. The van der Waals surface area contributed by atoms with Gasteiger partial charge >= 0.3 is 0 Å². The van der Waals surface area contributed by atoms with Crippen LogP contribution in [0, 0.1) is 10.1 Å². The van der Waals surface area contributed by atoms with Gasteiger partial charge in [0, 0.05) is 41.3 Å².